The maximum absolute atomic E-state index is 9.16. The maximum Gasteiger partial charge on any atom is 0.141 e. The van der Waals surface area contributed by atoms with Crippen molar-refractivity contribution >= 4 is 39.7 Å². The second-order valence-electron chi connectivity index (χ2n) is 15.3. The van der Waals surface area contributed by atoms with Crippen molar-refractivity contribution < 1.29 is 27.3 Å². The summed E-state index contributed by atoms with van der Waals surface area (Å²) in [6.07, 6.45) is 12.9. The molecule has 3 aromatic carbocycles. The third kappa shape index (κ3) is 8.91. The zero-order chi connectivity index (χ0) is 38.1. The monoisotopic (exact) mass is 940 g/mol. The first-order valence-corrected chi connectivity index (χ1v) is 25.9. The largest absolute Gasteiger partial charge is 0.483 e. The van der Waals surface area contributed by atoms with Crippen molar-refractivity contribution in [2.24, 2.45) is 5.92 Å². The first-order chi connectivity index (χ1) is 25.8. The molecule has 1 atom stereocenters. The van der Waals surface area contributed by atoms with E-state index < -0.39 is 25.1 Å². The van der Waals surface area contributed by atoms with Gasteiger partial charge in [0.2, 0.25) is 0 Å². The van der Waals surface area contributed by atoms with Gasteiger partial charge in [0.1, 0.15) is 11.3 Å². The molecular weight excluding hydrogens is 887 g/mol. The Morgan fingerprint density at radius 3 is 2.25 bits per heavy atom. The molecule has 4 aromatic heterocycles. The number of rotatable bonds is 7. The Morgan fingerprint density at radius 2 is 1.53 bits per heavy atom. The molecule has 8 rings (SSSR count). The molecule has 53 heavy (non-hydrogen) atoms. The topological polar surface area (TPSA) is 51.8 Å². The van der Waals surface area contributed by atoms with Crippen molar-refractivity contribution in [1.82, 2.24) is 15.0 Å². The quantitative estimate of drug-likeness (QED) is 0.118. The Kier molecular flexibility index (Phi) is 11.6. The summed E-state index contributed by atoms with van der Waals surface area (Å²) in [6.45, 7) is 5.97. The fraction of sp³-hybridized carbons (Fsp3) is 0.298. The summed E-state index contributed by atoms with van der Waals surface area (Å²) in [6, 6.07) is 35.9. The summed E-state index contributed by atoms with van der Waals surface area (Å²) >= 11 is -2.03. The molecule has 1 fully saturated rings. The van der Waals surface area contributed by atoms with E-state index >= 15 is 0 Å². The van der Waals surface area contributed by atoms with E-state index in [9.17, 15) is 0 Å². The molecule has 0 spiro atoms. The van der Waals surface area contributed by atoms with Gasteiger partial charge in [0.15, 0.2) is 0 Å². The van der Waals surface area contributed by atoms with E-state index in [1.165, 1.54) is 23.7 Å². The third-order valence-corrected chi connectivity index (χ3v) is 14.6. The van der Waals surface area contributed by atoms with Crippen LogP contribution < -0.4 is 4.40 Å². The first kappa shape index (κ1) is 36.1. The fourth-order valence-corrected chi connectivity index (χ4v) is 10.6. The Morgan fingerprint density at radius 1 is 0.774 bits per heavy atom. The minimum Gasteiger partial charge on any atom is -0.483 e. The molecule has 4 heterocycles. The molecule has 0 saturated heterocycles. The van der Waals surface area contributed by atoms with E-state index in [0.29, 0.717) is 11.6 Å². The molecule has 0 N–H and O–H groups in total. The van der Waals surface area contributed by atoms with Gasteiger partial charge in [0.05, 0.1) is 0 Å². The number of benzene rings is 3. The van der Waals surface area contributed by atoms with E-state index in [1.807, 2.05) is 74.8 Å². The van der Waals surface area contributed by atoms with Crippen molar-refractivity contribution in [2.45, 2.75) is 81.9 Å². The predicted molar refractivity (Wildman–Crippen MR) is 220 cm³/mol. The van der Waals surface area contributed by atoms with Crippen LogP contribution in [-0.4, -0.2) is 28.2 Å². The number of furan rings is 1. The van der Waals surface area contributed by atoms with Crippen molar-refractivity contribution in [3.8, 4) is 33.6 Å². The number of hydrogen-bond acceptors (Lipinski definition) is 4. The van der Waals surface area contributed by atoms with E-state index in [4.69, 9.17) is 7.16 Å². The molecule has 4 nitrogen and oxygen atoms in total. The normalized spacial score (nSPS) is 15.4. The Labute approximate surface area is 334 Å². The van der Waals surface area contributed by atoms with Crippen molar-refractivity contribution in [2.75, 3.05) is 0 Å². The van der Waals surface area contributed by atoms with Crippen LogP contribution in [0.2, 0.25) is 17.3 Å². The molecule has 6 heteroatoms. The second-order valence-corrected chi connectivity index (χ2v) is 25.8. The molecule has 0 aliphatic heterocycles. The standard InChI is InChI=1S/C30H27N2O.C17H22GeN.Ir/c1-20(21-8-4-2-5-9-21)23-14-15-31-28(17-23)25-16-27-26-13-12-24(22-10-6-3-7-11-22)18-29(26)33-30(27)32-19-25;1-13(2)15-11-17(14-9-7-6-8-10-14)19-12-16(15)18(3,4)5;/h3,6-7,10-18,20-21H,2,4-5,8-9H2,1H3;6-9,11-13H,1-5H3;/q2*-1;/i20D;13D;. The predicted octanol–water partition coefficient (Wildman–Crippen LogP) is 12.4. The Bertz CT molecular complexity index is 2380. The van der Waals surface area contributed by atoms with Crippen molar-refractivity contribution in [1.29, 1.82) is 0 Å². The number of aromatic nitrogens is 3. The summed E-state index contributed by atoms with van der Waals surface area (Å²) in [7, 11) is 0. The summed E-state index contributed by atoms with van der Waals surface area (Å²) in [5, 5.41) is 1.98. The van der Waals surface area contributed by atoms with Gasteiger partial charge in [0.25, 0.3) is 0 Å². The van der Waals surface area contributed by atoms with Crippen molar-refractivity contribution in [3.05, 3.63) is 133 Å². The van der Waals surface area contributed by atoms with Gasteiger partial charge in [0, 0.05) is 33.1 Å². The van der Waals surface area contributed by atoms with E-state index in [-0.39, 0.29) is 20.1 Å². The average Bonchev–Trinajstić information content (AvgIpc) is 3.55. The zero-order valence-corrected chi connectivity index (χ0v) is 36.1. The van der Waals surface area contributed by atoms with E-state index in [0.717, 1.165) is 74.0 Å². The molecule has 1 saturated carbocycles. The van der Waals surface area contributed by atoms with Gasteiger partial charge in [-0.15, -0.1) is 11.6 Å². The van der Waals surface area contributed by atoms with Gasteiger partial charge in [-0.2, -0.15) is 0 Å². The molecule has 1 unspecified atom stereocenters. The van der Waals surface area contributed by atoms with Crippen LogP contribution in [0.5, 0.6) is 0 Å². The van der Waals surface area contributed by atoms with Crippen LogP contribution in [0.1, 0.15) is 78.5 Å². The smallest absolute Gasteiger partial charge is 0.141 e. The molecule has 0 bridgehead atoms. The van der Waals surface area contributed by atoms with Gasteiger partial charge < -0.3 is 14.4 Å². The molecule has 1 aliphatic carbocycles. The minimum absolute atomic E-state index is 0. The van der Waals surface area contributed by atoms with Crippen LogP contribution >= 0.6 is 0 Å². The van der Waals surface area contributed by atoms with Gasteiger partial charge >= 0.3 is 120 Å². The summed E-state index contributed by atoms with van der Waals surface area (Å²) in [5.74, 6) is 6.21. The van der Waals surface area contributed by atoms with Crippen LogP contribution in [0.3, 0.4) is 0 Å². The minimum atomic E-state index is -2.03. The van der Waals surface area contributed by atoms with Crippen LogP contribution in [-0.2, 0) is 20.1 Å². The third-order valence-electron chi connectivity index (χ3n) is 10.3. The molecule has 0 amide bonds. The maximum atomic E-state index is 9.16. The number of pyridine rings is 3. The van der Waals surface area contributed by atoms with Crippen LogP contribution in [0.15, 0.2) is 114 Å². The molecular formula is C47H49GeIrN3O-2. The van der Waals surface area contributed by atoms with E-state index in [2.05, 4.69) is 99.9 Å². The number of hydrogen-bond donors (Lipinski definition) is 0. The number of nitrogens with zero attached hydrogens (tertiary/aromatic N) is 3. The number of fused-ring (bicyclic) bond motifs is 3. The van der Waals surface area contributed by atoms with E-state index in [1.54, 1.807) is 0 Å². The molecule has 1 radical (unpaired) electrons. The summed E-state index contributed by atoms with van der Waals surface area (Å²) in [4.78, 5) is 13.7. The zero-order valence-electron chi connectivity index (χ0n) is 33.6. The van der Waals surface area contributed by atoms with Crippen LogP contribution in [0.25, 0.3) is 55.7 Å². The van der Waals surface area contributed by atoms with Gasteiger partial charge in [-0.25, -0.2) is 0 Å². The molecule has 1 aliphatic rings. The Hall–Kier alpha value is -3.90. The average molecular weight is 939 g/mol. The molecule has 273 valence electrons. The van der Waals surface area contributed by atoms with Gasteiger partial charge in [-0.3, -0.25) is 0 Å². The second kappa shape index (κ2) is 17.1. The summed E-state index contributed by atoms with van der Waals surface area (Å²) in [5.41, 5.74) is 9.32. The first-order valence-electron chi connectivity index (χ1n) is 19.5. The SMILES string of the molecule is [2H]C(C)(C)c1cc(-c2[c-]cccc2)nc[c]1[Ge]([CH3])([CH3])[CH3].[2H]C(C)(c1ccnc(-c2[c-]nc3oc4cc(-c5ccccc5)ccc4c3c2)c1)C1CCCCC1.[Ir]. The van der Waals surface area contributed by atoms with Gasteiger partial charge in [-0.05, 0) is 65.2 Å². The van der Waals surface area contributed by atoms with Crippen molar-refractivity contribution in [3.63, 3.8) is 0 Å². The van der Waals surface area contributed by atoms with Crippen LogP contribution in [0.4, 0.5) is 0 Å². The molecule has 7 aromatic rings. The fourth-order valence-electron chi connectivity index (χ4n) is 7.32. The summed E-state index contributed by atoms with van der Waals surface area (Å²) < 4.78 is 25.0. The van der Waals surface area contributed by atoms with Crippen LogP contribution in [0, 0.1) is 18.2 Å². The Balaban J connectivity index is 0.000000211. The van der Waals surface area contributed by atoms with Gasteiger partial charge in [-0.1, -0.05) is 80.3 Å².